The number of allylic oxidation sites excluding steroid dienone is 2. The fraction of sp³-hybridized carbons (Fsp3) is 0.429. The van der Waals surface area contributed by atoms with Gasteiger partial charge in [0.15, 0.2) is 0 Å². The molecule has 0 heterocycles. The van der Waals surface area contributed by atoms with Crippen LogP contribution < -0.4 is 0 Å². The second kappa shape index (κ2) is 7.67. The molecule has 1 saturated carbocycles. The molecule has 1 aliphatic carbocycles. The van der Waals surface area contributed by atoms with Crippen molar-refractivity contribution < 1.29 is 4.79 Å². The number of aldehydes is 1. The van der Waals surface area contributed by atoms with Gasteiger partial charge in [0.05, 0.1) is 5.92 Å². The van der Waals surface area contributed by atoms with E-state index in [1.807, 2.05) is 19.3 Å². The fourth-order valence-corrected chi connectivity index (χ4v) is 1.61. The SMILES string of the molecule is CCCCCC/C=C\[C]1[CH][CH][CH][C]1C=O. The zero-order valence-corrected chi connectivity index (χ0v) is 9.41. The summed E-state index contributed by atoms with van der Waals surface area (Å²) in [7, 11) is 0. The molecule has 0 N–H and O–H groups in total. The molecule has 1 nitrogen and oxygen atoms in total. The van der Waals surface area contributed by atoms with E-state index in [0.29, 0.717) is 0 Å². The predicted molar refractivity (Wildman–Crippen MR) is 63.3 cm³/mol. The summed E-state index contributed by atoms with van der Waals surface area (Å²) in [5, 5.41) is 0. The third-order valence-electron chi connectivity index (χ3n) is 2.53. The Balaban J connectivity index is 2.11. The van der Waals surface area contributed by atoms with Crippen molar-refractivity contribution in [2.24, 2.45) is 0 Å². The van der Waals surface area contributed by atoms with Gasteiger partial charge in [-0.3, -0.25) is 0 Å². The van der Waals surface area contributed by atoms with E-state index in [0.717, 1.165) is 24.5 Å². The third kappa shape index (κ3) is 4.63. The lowest BCUT2D eigenvalue weighted by atomic mass is 9.96. The molecule has 1 heteroatoms. The van der Waals surface area contributed by atoms with Crippen LogP contribution in [-0.2, 0) is 4.79 Å². The summed E-state index contributed by atoms with van der Waals surface area (Å²) < 4.78 is 0. The topological polar surface area (TPSA) is 17.1 Å². The van der Waals surface area contributed by atoms with Crippen LogP contribution in [0.1, 0.15) is 39.0 Å². The molecule has 15 heavy (non-hydrogen) atoms. The van der Waals surface area contributed by atoms with Gasteiger partial charge in [-0.2, -0.15) is 0 Å². The van der Waals surface area contributed by atoms with Crippen molar-refractivity contribution in [3.8, 4) is 0 Å². The molecule has 0 saturated heterocycles. The summed E-state index contributed by atoms with van der Waals surface area (Å²) in [5.41, 5.74) is 0. The van der Waals surface area contributed by atoms with Crippen LogP contribution in [0.3, 0.4) is 0 Å². The van der Waals surface area contributed by atoms with Crippen LogP contribution in [0.5, 0.6) is 0 Å². The summed E-state index contributed by atoms with van der Waals surface area (Å²) in [6.45, 7) is 2.22. The van der Waals surface area contributed by atoms with Crippen LogP contribution >= 0.6 is 0 Å². The lowest BCUT2D eigenvalue weighted by molar-refractivity contribution is -0.105. The number of hydrogen-bond acceptors (Lipinski definition) is 1. The fourth-order valence-electron chi connectivity index (χ4n) is 1.61. The molecular formula is C14H19O. The first-order chi connectivity index (χ1) is 7.38. The summed E-state index contributed by atoms with van der Waals surface area (Å²) in [6, 6.07) is 0. The van der Waals surface area contributed by atoms with Gasteiger partial charge in [0.25, 0.3) is 0 Å². The maximum Gasteiger partial charge on any atom is 0.128 e. The molecule has 0 unspecified atom stereocenters. The first-order valence-corrected chi connectivity index (χ1v) is 5.76. The van der Waals surface area contributed by atoms with Crippen molar-refractivity contribution in [3.05, 3.63) is 43.3 Å². The van der Waals surface area contributed by atoms with Crippen molar-refractivity contribution >= 4 is 6.29 Å². The number of carbonyl (C=O) groups is 1. The Morgan fingerprint density at radius 3 is 2.67 bits per heavy atom. The van der Waals surface area contributed by atoms with Crippen molar-refractivity contribution in [1.82, 2.24) is 0 Å². The van der Waals surface area contributed by atoms with E-state index in [1.165, 1.54) is 25.7 Å². The summed E-state index contributed by atoms with van der Waals surface area (Å²) >= 11 is 0. The lowest BCUT2D eigenvalue weighted by Crippen LogP contribution is -2.01. The van der Waals surface area contributed by atoms with Gasteiger partial charge in [-0.25, -0.2) is 0 Å². The Bertz CT molecular complexity index is 196. The maximum absolute atomic E-state index is 10.6. The Kier molecular flexibility index (Phi) is 6.38. The van der Waals surface area contributed by atoms with E-state index in [-0.39, 0.29) is 0 Å². The van der Waals surface area contributed by atoms with Gasteiger partial charge in [-0.1, -0.05) is 38.3 Å². The van der Waals surface area contributed by atoms with Crippen LogP contribution in [0.15, 0.2) is 12.2 Å². The predicted octanol–water partition coefficient (Wildman–Crippen LogP) is 3.49. The van der Waals surface area contributed by atoms with E-state index >= 15 is 0 Å². The highest BCUT2D eigenvalue weighted by Crippen LogP contribution is 2.32. The number of hydrogen-bond donors (Lipinski definition) is 0. The highest BCUT2D eigenvalue weighted by atomic mass is 16.1. The Morgan fingerprint density at radius 1 is 1.13 bits per heavy atom. The lowest BCUT2D eigenvalue weighted by Gasteiger charge is -2.05. The van der Waals surface area contributed by atoms with E-state index in [2.05, 4.69) is 19.1 Å². The Hall–Kier alpha value is -0.590. The molecule has 0 amide bonds. The maximum atomic E-state index is 10.6. The normalized spacial score (nSPS) is 19.0. The summed E-state index contributed by atoms with van der Waals surface area (Å²) in [6.07, 6.45) is 17.2. The van der Waals surface area contributed by atoms with Crippen LogP contribution in [-0.4, -0.2) is 6.29 Å². The minimum absolute atomic E-state index is 0.791. The number of rotatable bonds is 7. The molecule has 0 aromatic carbocycles. The molecule has 1 fully saturated rings. The summed E-state index contributed by atoms with van der Waals surface area (Å²) in [5.74, 6) is 1.83. The monoisotopic (exact) mass is 203 g/mol. The van der Waals surface area contributed by atoms with E-state index in [9.17, 15) is 4.79 Å². The molecule has 0 aliphatic heterocycles. The second-order valence-electron chi connectivity index (χ2n) is 3.81. The summed E-state index contributed by atoms with van der Waals surface area (Å²) in [4.78, 5) is 10.6. The first-order valence-electron chi connectivity index (χ1n) is 5.76. The zero-order chi connectivity index (χ0) is 10.9. The first kappa shape index (κ1) is 12.5. The minimum atomic E-state index is 0.791. The molecule has 81 valence electrons. The van der Waals surface area contributed by atoms with Gasteiger partial charge in [0, 0.05) is 5.92 Å². The minimum Gasteiger partial charge on any atom is -0.303 e. The number of carbonyl (C=O) groups excluding carboxylic acids is 1. The third-order valence-corrected chi connectivity index (χ3v) is 2.53. The molecule has 0 atom stereocenters. The van der Waals surface area contributed by atoms with Gasteiger partial charge in [0.2, 0.25) is 0 Å². The van der Waals surface area contributed by atoms with E-state index in [1.54, 1.807) is 0 Å². The molecule has 0 aromatic heterocycles. The molecule has 0 spiro atoms. The molecule has 0 aromatic rings. The van der Waals surface area contributed by atoms with Crippen LogP contribution in [0.4, 0.5) is 0 Å². The van der Waals surface area contributed by atoms with Crippen LogP contribution in [0, 0.1) is 31.1 Å². The van der Waals surface area contributed by atoms with Gasteiger partial charge in [-0.15, -0.1) is 0 Å². The second-order valence-corrected chi connectivity index (χ2v) is 3.81. The molecule has 1 aliphatic rings. The van der Waals surface area contributed by atoms with Crippen molar-refractivity contribution in [3.63, 3.8) is 0 Å². The Labute approximate surface area is 93.9 Å². The van der Waals surface area contributed by atoms with Gasteiger partial charge in [-0.05, 0) is 32.1 Å². The Morgan fingerprint density at radius 2 is 1.93 bits per heavy atom. The number of unbranched alkanes of at least 4 members (excludes halogenated alkanes) is 4. The molecular weight excluding hydrogens is 184 g/mol. The zero-order valence-electron chi connectivity index (χ0n) is 9.41. The van der Waals surface area contributed by atoms with Gasteiger partial charge < -0.3 is 4.79 Å². The quantitative estimate of drug-likeness (QED) is 0.457. The standard InChI is InChI=1S/C14H19O/c1-2-3-4-5-6-7-9-13-10-8-11-14(13)12-15/h7-12H,2-6H2,1H3/b9-7-. The van der Waals surface area contributed by atoms with E-state index in [4.69, 9.17) is 0 Å². The largest absolute Gasteiger partial charge is 0.303 e. The molecule has 5 radical (unpaired) electrons. The smallest absolute Gasteiger partial charge is 0.128 e. The highest BCUT2D eigenvalue weighted by Gasteiger charge is 2.26. The van der Waals surface area contributed by atoms with Gasteiger partial charge >= 0.3 is 0 Å². The average Bonchev–Trinajstić information content (AvgIpc) is 2.70. The van der Waals surface area contributed by atoms with Crippen molar-refractivity contribution in [1.29, 1.82) is 0 Å². The highest BCUT2D eigenvalue weighted by molar-refractivity contribution is 5.82. The van der Waals surface area contributed by atoms with Crippen molar-refractivity contribution in [2.75, 3.05) is 0 Å². The van der Waals surface area contributed by atoms with Crippen LogP contribution in [0.2, 0.25) is 0 Å². The average molecular weight is 203 g/mol. The molecule has 0 bridgehead atoms. The van der Waals surface area contributed by atoms with E-state index < -0.39 is 0 Å². The molecule has 1 rings (SSSR count). The van der Waals surface area contributed by atoms with Crippen LogP contribution in [0.25, 0.3) is 0 Å². The van der Waals surface area contributed by atoms with Crippen molar-refractivity contribution in [2.45, 2.75) is 39.0 Å². The van der Waals surface area contributed by atoms with Gasteiger partial charge in [0.1, 0.15) is 6.29 Å².